The van der Waals surface area contributed by atoms with Crippen molar-refractivity contribution in [3.8, 4) is 6.07 Å². The fourth-order valence-electron chi connectivity index (χ4n) is 1.36. The third-order valence-electron chi connectivity index (χ3n) is 2.22. The van der Waals surface area contributed by atoms with E-state index in [1.807, 2.05) is 6.07 Å². The molecule has 1 aromatic carbocycles. The number of benzene rings is 1. The molecule has 1 atom stereocenters. The molecule has 88 valence electrons. The Kier molecular flexibility index (Phi) is 4.41. The molecule has 0 saturated carbocycles. The predicted octanol–water partition coefficient (Wildman–Crippen LogP) is 2.37. The van der Waals surface area contributed by atoms with Gasteiger partial charge >= 0.3 is 5.97 Å². The summed E-state index contributed by atoms with van der Waals surface area (Å²) in [5, 5.41) is 8.80. The molecule has 5 heteroatoms. The van der Waals surface area contributed by atoms with Crippen molar-refractivity contribution in [2.75, 3.05) is 7.11 Å². The zero-order valence-electron chi connectivity index (χ0n) is 9.36. The summed E-state index contributed by atoms with van der Waals surface area (Å²) in [6.45, 7) is 1.40. The smallest absolute Gasteiger partial charge is 0.338 e. The van der Waals surface area contributed by atoms with Crippen molar-refractivity contribution >= 4 is 27.7 Å². The van der Waals surface area contributed by atoms with Crippen molar-refractivity contribution in [2.24, 2.45) is 0 Å². The lowest BCUT2D eigenvalue weighted by Crippen LogP contribution is -2.11. The molecule has 1 rings (SSSR count). The van der Waals surface area contributed by atoms with E-state index in [-0.39, 0.29) is 11.3 Å². The quantitative estimate of drug-likeness (QED) is 0.634. The summed E-state index contributed by atoms with van der Waals surface area (Å²) in [4.78, 5) is 22.2. The lowest BCUT2D eigenvalue weighted by Gasteiger charge is -2.11. The average molecular weight is 296 g/mol. The van der Waals surface area contributed by atoms with Crippen molar-refractivity contribution in [1.82, 2.24) is 0 Å². The Balaban J connectivity index is 3.36. The number of halogens is 1. The maximum Gasteiger partial charge on any atom is 0.338 e. The number of hydrogen-bond donors (Lipinski definition) is 0. The summed E-state index contributed by atoms with van der Waals surface area (Å²) >= 11 is 3.20. The molecule has 0 bridgehead atoms. The molecule has 0 aromatic heterocycles. The molecule has 0 radical (unpaired) electrons. The van der Waals surface area contributed by atoms with E-state index in [9.17, 15) is 9.59 Å². The van der Waals surface area contributed by atoms with Crippen LogP contribution < -0.4 is 0 Å². The SMILES string of the molecule is COC(=O)c1ccc(C#N)cc1C(Br)C(C)=O. The molecule has 1 aromatic rings. The van der Waals surface area contributed by atoms with E-state index < -0.39 is 10.8 Å². The lowest BCUT2D eigenvalue weighted by atomic mass is 10.00. The van der Waals surface area contributed by atoms with Gasteiger partial charge in [-0.2, -0.15) is 5.26 Å². The molecule has 17 heavy (non-hydrogen) atoms. The predicted molar refractivity (Wildman–Crippen MR) is 64.8 cm³/mol. The number of carbonyl (C=O) groups is 2. The summed E-state index contributed by atoms with van der Waals surface area (Å²) in [6, 6.07) is 6.46. The van der Waals surface area contributed by atoms with Crippen LogP contribution in [0.3, 0.4) is 0 Å². The van der Waals surface area contributed by atoms with Crippen LogP contribution in [0.5, 0.6) is 0 Å². The monoisotopic (exact) mass is 295 g/mol. The van der Waals surface area contributed by atoms with Gasteiger partial charge in [-0.05, 0) is 30.7 Å². The van der Waals surface area contributed by atoms with E-state index in [4.69, 9.17) is 5.26 Å². The minimum Gasteiger partial charge on any atom is -0.465 e. The van der Waals surface area contributed by atoms with Crippen molar-refractivity contribution in [1.29, 1.82) is 5.26 Å². The maximum atomic E-state index is 11.5. The van der Waals surface area contributed by atoms with E-state index in [1.54, 1.807) is 0 Å². The number of hydrogen-bond acceptors (Lipinski definition) is 4. The van der Waals surface area contributed by atoms with Crippen LogP contribution in [0.2, 0.25) is 0 Å². The highest BCUT2D eigenvalue weighted by atomic mass is 79.9. The Labute approximate surface area is 107 Å². The number of ether oxygens (including phenoxy) is 1. The number of Topliss-reactive ketones (excluding diaryl/α,β-unsaturated/α-hetero) is 1. The number of carbonyl (C=O) groups excluding carboxylic acids is 2. The summed E-state index contributed by atoms with van der Waals surface area (Å²) < 4.78 is 4.63. The molecule has 0 saturated heterocycles. The Hall–Kier alpha value is -1.67. The molecule has 0 fully saturated rings. The van der Waals surface area contributed by atoms with Gasteiger partial charge in [0.15, 0.2) is 0 Å². The standard InChI is InChI=1S/C12H10BrNO3/c1-7(15)11(13)10-5-8(6-14)3-4-9(10)12(16)17-2/h3-5,11H,1-2H3. The van der Waals surface area contributed by atoms with Gasteiger partial charge in [-0.1, -0.05) is 15.9 Å². The second-order valence-electron chi connectivity index (χ2n) is 3.38. The second kappa shape index (κ2) is 5.60. The van der Waals surface area contributed by atoms with Gasteiger partial charge < -0.3 is 4.74 Å². The zero-order chi connectivity index (χ0) is 13.0. The summed E-state index contributed by atoms with van der Waals surface area (Å²) in [6.07, 6.45) is 0. The highest BCUT2D eigenvalue weighted by Gasteiger charge is 2.21. The molecule has 0 amide bonds. The molecule has 4 nitrogen and oxygen atoms in total. The molecule has 0 aliphatic carbocycles. The van der Waals surface area contributed by atoms with Crippen molar-refractivity contribution in [3.63, 3.8) is 0 Å². The van der Waals surface area contributed by atoms with Crippen LogP contribution >= 0.6 is 15.9 Å². The van der Waals surface area contributed by atoms with Gasteiger partial charge in [0, 0.05) is 0 Å². The van der Waals surface area contributed by atoms with Crippen molar-refractivity contribution in [2.45, 2.75) is 11.8 Å². The topological polar surface area (TPSA) is 67.2 Å². The largest absolute Gasteiger partial charge is 0.465 e. The number of esters is 1. The van der Waals surface area contributed by atoms with Crippen LogP contribution in [0.15, 0.2) is 18.2 Å². The highest BCUT2D eigenvalue weighted by molar-refractivity contribution is 9.09. The number of alkyl halides is 1. The first kappa shape index (κ1) is 13.4. The molecule has 0 aliphatic heterocycles. The Morgan fingerprint density at radius 1 is 1.47 bits per heavy atom. The highest BCUT2D eigenvalue weighted by Crippen LogP contribution is 2.28. The first-order chi connectivity index (χ1) is 8.01. The van der Waals surface area contributed by atoms with E-state index in [2.05, 4.69) is 20.7 Å². The molecule has 0 spiro atoms. The molecule has 0 aliphatic rings. The fraction of sp³-hybridized carbons (Fsp3) is 0.250. The van der Waals surface area contributed by atoms with Gasteiger partial charge in [-0.15, -0.1) is 0 Å². The summed E-state index contributed by atoms with van der Waals surface area (Å²) in [5.41, 5.74) is 1.12. The minimum atomic E-state index is -0.620. The average Bonchev–Trinajstić information content (AvgIpc) is 2.35. The summed E-state index contributed by atoms with van der Waals surface area (Å²) in [7, 11) is 1.27. The Morgan fingerprint density at radius 3 is 2.59 bits per heavy atom. The van der Waals surface area contributed by atoms with Gasteiger partial charge in [0.25, 0.3) is 0 Å². The van der Waals surface area contributed by atoms with Gasteiger partial charge in [0.05, 0.1) is 29.1 Å². The van der Waals surface area contributed by atoms with Crippen molar-refractivity contribution < 1.29 is 14.3 Å². The zero-order valence-corrected chi connectivity index (χ0v) is 10.9. The molecule has 0 N–H and O–H groups in total. The van der Waals surface area contributed by atoms with Crippen LogP contribution in [-0.4, -0.2) is 18.9 Å². The Bertz CT molecular complexity index is 505. The van der Waals surface area contributed by atoms with Crippen LogP contribution in [0.1, 0.15) is 33.2 Å². The van der Waals surface area contributed by atoms with Crippen LogP contribution in [-0.2, 0) is 9.53 Å². The maximum absolute atomic E-state index is 11.5. The number of nitriles is 1. The van der Waals surface area contributed by atoms with E-state index in [0.29, 0.717) is 11.1 Å². The van der Waals surface area contributed by atoms with Gasteiger partial charge in [0.2, 0.25) is 0 Å². The minimum absolute atomic E-state index is 0.148. The third-order valence-corrected chi connectivity index (χ3v) is 3.35. The van der Waals surface area contributed by atoms with E-state index >= 15 is 0 Å². The van der Waals surface area contributed by atoms with E-state index in [1.165, 1.54) is 32.2 Å². The van der Waals surface area contributed by atoms with E-state index in [0.717, 1.165) is 0 Å². The first-order valence-corrected chi connectivity index (χ1v) is 5.69. The van der Waals surface area contributed by atoms with Crippen molar-refractivity contribution in [3.05, 3.63) is 34.9 Å². The number of ketones is 1. The molecular weight excluding hydrogens is 286 g/mol. The first-order valence-electron chi connectivity index (χ1n) is 4.78. The lowest BCUT2D eigenvalue weighted by molar-refractivity contribution is -0.116. The molecule has 1 unspecified atom stereocenters. The summed E-state index contributed by atoms with van der Waals surface area (Å²) in [5.74, 6) is -0.680. The van der Waals surface area contributed by atoms with Gasteiger partial charge in [0.1, 0.15) is 5.78 Å². The fourth-order valence-corrected chi connectivity index (χ4v) is 1.74. The van der Waals surface area contributed by atoms with Gasteiger partial charge in [-0.3, -0.25) is 4.79 Å². The normalized spacial score (nSPS) is 11.4. The third kappa shape index (κ3) is 2.92. The number of rotatable bonds is 3. The van der Waals surface area contributed by atoms with Gasteiger partial charge in [-0.25, -0.2) is 4.79 Å². The number of nitrogens with zero attached hydrogens (tertiary/aromatic N) is 1. The molecular formula is C12H10BrNO3. The van der Waals surface area contributed by atoms with Crippen LogP contribution in [0, 0.1) is 11.3 Å². The Morgan fingerprint density at radius 2 is 2.12 bits per heavy atom. The second-order valence-corrected chi connectivity index (χ2v) is 4.29. The number of methoxy groups -OCH3 is 1. The van der Waals surface area contributed by atoms with Crippen LogP contribution in [0.4, 0.5) is 0 Å². The molecule has 0 heterocycles. The van der Waals surface area contributed by atoms with Crippen LogP contribution in [0.25, 0.3) is 0 Å².